The standard InChI is InChI=1S/C13H7BrFN3O2S/c14-10-6-5-9(21-10)11(19)16-13-18-17-12(20-13)7-1-3-8(15)4-2-7/h1-6H,(H,16,18,19). The molecule has 0 saturated heterocycles. The molecule has 8 heteroatoms. The van der Waals surface area contributed by atoms with E-state index in [1.165, 1.54) is 35.6 Å². The molecule has 0 atom stereocenters. The van der Waals surface area contributed by atoms with Gasteiger partial charge in [-0.15, -0.1) is 16.4 Å². The van der Waals surface area contributed by atoms with Crippen molar-refractivity contribution in [1.82, 2.24) is 10.2 Å². The Hall–Kier alpha value is -2.06. The van der Waals surface area contributed by atoms with E-state index in [0.29, 0.717) is 10.4 Å². The molecule has 2 aromatic heterocycles. The molecule has 2 heterocycles. The van der Waals surface area contributed by atoms with Gasteiger partial charge in [0.2, 0.25) is 5.89 Å². The summed E-state index contributed by atoms with van der Waals surface area (Å²) in [6, 6.07) is 9.07. The Labute approximate surface area is 130 Å². The number of rotatable bonds is 3. The second-order valence-corrected chi connectivity index (χ2v) is 6.44. The summed E-state index contributed by atoms with van der Waals surface area (Å²) in [5, 5.41) is 10.1. The maximum atomic E-state index is 12.8. The van der Waals surface area contributed by atoms with E-state index >= 15 is 0 Å². The van der Waals surface area contributed by atoms with E-state index in [9.17, 15) is 9.18 Å². The second-order valence-electron chi connectivity index (χ2n) is 3.98. The molecule has 1 aromatic carbocycles. The van der Waals surface area contributed by atoms with Crippen LogP contribution in [0.2, 0.25) is 0 Å². The van der Waals surface area contributed by atoms with Gasteiger partial charge in [0.15, 0.2) is 0 Å². The van der Waals surface area contributed by atoms with Crippen LogP contribution in [0, 0.1) is 5.82 Å². The molecule has 0 aliphatic carbocycles. The van der Waals surface area contributed by atoms with E-state index in [1.807, 2.05) is 0 Å². The first-order valence-electron chi connectivity index (χ1n) is 5.78. The first kappa shape index (κ1) is 13.9. The van der Waals surface area contributed by atoms with Crippen LogP contribution in [0.5, 0.6) is 0 Å². The Balaban J connectivity index is 1.76. The number of carbonyl (C=O) groups excluding carboxylic acids is 1. The first-order valence-corrected chi connectivity index (χ1v) is 7.39. The molecular weight excluding hydrogens is 361 g/mol. The van der Waals surface area contributed by atoms with Crippen molar-refractivity contribution in [3.05, 3.63) is 50.9 Å². The van der Waals surface area contributed by atoms with Crippen LogP contribution in [0.1, 0.15) is 9.67 Å². The lowest BCUT2D eigenvalue weighted by atomic mass is 10.2. The van der Waals surface area contributed by atoms with Crippen LogP contribution in [0.4, 0.5) is 10.4 Å². The van der Waals surface area contributed by atoms with Crippen molar-refractivity contribution < 1.29 is 13.6 Å². The number of halogens is 2. The van der Waals surface area contributed by atoms with Crippen molar-refractivity contribution in [2.45, 2.75) is 0 Å². The Morgan fingerprint density at radius 2 is 1.95 bits per heavy atom. The van der Waals surface area contributed by atoms with Gasteiger partial charge in [0.25, 0.3) is 5.91 Å². The summed E-state index contributed by atoms with van der Waals surface area (Å²) in [5.41, 5.74) is 0.572. The number of nitrogens with zero attached hydrogens (tertiary/aromatic N) is 2. The predicted octanol–water partition coefficient (Wildman–Crippen LogP) is 3.95. The number of amides is 1. The number of hydrogen-bond donors (Lipinski definition) is 1. The number of thiophene rings is 1. The summed E-state index contributed by atoms with van der Waals surface area (Å²) in [5.74, 6) is -0.479. The number of benzene rings is 1. The number of aromatic nitrogens is 2. The molecule has 106 valence electrons. The van der Waals surface area contributed by atoms with Crippen LogP contribution in [0.3, 0.4) is 0 Å². The molecule has 0 aliphatic rings. The van der Waals surface area contributed by atoms with E-state index < -0.39 is 0 Å². The smallest absolute Gasteiger partial charge is 0.322 e. The maximum Gasteiger partial charge on any atom is 0.322 e. The number of carbonyl (C=O) groups is 1. The highest BCUT2D eigenvalue weighted by Crippen LogP contribution is 2.24. The molecule has 0 bridgehead atoms. The zero-order chi connectivity index (χ0) is 14.8. The fourth-order valence-corrected chi connectivity index (χ4v) is 2.86. The molecule has 0 unspecified atom stereocenters. The lowest BCUT2D eigenvalue weighted by Crippen LogP contribution is -2.10. The van der Waals surface area contributed by atoms with Gasteiger partial charge < -0.3 is 4.42 Å². The van der Waals surface area contributed by atoms with Crippen molar-refractivity contribution in [2.24, 2.45) is 0 Å². The Bertz CT molecular complexity index is 785. The van der Waals surface area contributed by atoms with Gasteiger partial charge in [-0.2, -0.15) is 0 Å². The fourth-order valence-electron chi connectivity index (χ4n) is 1.58. The Morgan fingerprint density at radius 1 is 1.19 bits per heavy atom. The monoisotopic (exact) mass is 367 g/mol. The molecule has 0 spiro atoms. The third kappa shape index (κ3) is 3.17. The van der Waals surface area contributed by atoms with Gasteiger partial charge in [0.1, 0.15) is 5.82 Å². The van der Waals surface area contributed by atoms with Crippen molar-refractivity contribution in [2.75, 3.05) is 5.32 Å². The third-order valence-electron chi connectivity index (χ3n) is 2.53. The van der Waals surface area contributed by atoms with Crippen molar-refractivity contribution in [1.29, 1.82) is 0 Å². The Kier molecular flexibility index (Phi) is 3.80. The average Bonchev–Trinajstić information content (AvgIpc) is 3.09. The number of anilines is 1. The summed E-state index contributed by atoms with van der Waals surface area (Å²) >= 11 is 4.58. The van der Waals surface area contributed by atoms with Gasteiger partial charge in [0, 0.05) is 5.56 Å². The van der Waals surface area contributed by atoms with E-state index in [-0.39, 0.29) is 23.6 Å². The zero-order valence-electron chi connectivity index (χ0n) is 10.3. The summed E-state index contributed by atoms with van der Waals surface area (Å²) in [6.45, 7) is 0. The molecule has 0 radical (unpaired) electrons. The van der Waals surface area contributed by atoms with Crippen molar-refractivity contribution in [3.8, 4) is 11.5 Å². The highest BCUT2D eigenvalue weighted by atomic mass is 79.9. The van der Waals surface area contributed by atoms with Crippen LogP contribution >= 0.6 is 27.3 Å². The highest BCUT2D eigenvalue weighted by Gasteiger charge is 2.14. The second kappa shape index (κ2) is 5.74. The quantitative estimate of drug-likeness (QED) is 0.760. The summed E-state index contributed by atoms with van der Waals surface area (Å²) in [6.07, 6.45) is 0. The lowest BCUT2D eigenvalue weighted by molar-refractivity contribution is 0.102. The van der Waals surface area contributed by atoms with Crippen LogP contribution in [-0.2, 0) is 0 Å². The Morgan fingerprint density at radius 3 is 2.62 bits per heavy atom. The number of nitrogens with one attached hydrogen (secondary N) is 1. The number of hydrogen-bond acceptors (Lipinski definition) is 5. The molecule has 3 rings (SSSR count). The summed E-state index contributed by atoms with van der Waals surface area (Å²) < 4.78 is 19.0. The van der Waals surface area contributed by atoms with Gasteiger partial charge in [0.05, 0.1) is 8.66 Å². The topological polar surface area (TPSA) is 68.0 Å². The molecule has 5 nitrogen and oxygen atoms in total. The van der Waals surface area contributed by atoms with Crippen LogP contribution in [0.25, 0.3) is 11.5 Å². The van der Waals surface area contributed by atoms with Gasteiger partial charge in [-0.25, -0.2) is 4.39 Å². The van der Waals surface area contributed by atoms with E-state index in [0.717, 1.165) is 3.79 Å². The van der Waals surface area contributed by atoms with Crippen LogP contribution in [0.15, 0.2) is 44.6 Å². The summed E-state index contributed by atoms with van der Waals surface area (Å²) in [7, 11) is 0. The minimum absolute atomic E-state index is 0.0103. The highest BCUT2D eigenvalue weighted by molar-refractivity contribution is 9.11. The van der Waals surface area contributed by atoms with Crippen molar-refractivity contribution >= 4 is 39.2 Å². The van der Waals surface area contributed by atoms with Crippen molar-refractivity contribution in [3.63, 3.8) is 0 Å². The molecule has 3 aromatic rings. The van der Waals surface area contributed by atoms with Crippen LogP contribution < -0.4 is 5.32 Å². The van der Waals surface area contributed by atoms with Gasteiger partial charge in [-0.05, 0) is 52.3 Å². The molecule has 0 saturated carbocycles. The normalized spacial score (nSPS) is 10.6. The summed E-state index contributed by atoms with van der Waals surface area (Å²) in [4.78, 5) is 12.4. The lowest BCUT2D eigenvalue weighted by Gasteiger charge is -1.96. The third-order valence-corrected chi connectivity index (χ3v) is 4.16. The van der Waals surface area contributed by atoms with Gasteiger partial charge >= 0.3 is 6.01 Å². The fraction of sp³-hybridized carbons (Fsp3) is 0. The molecule has 0 aliphatic heterocycles. The maximum absolute atomic E-state index is 12.8. The molecule has 1 N–H and O–H groups in total. The molecule has 0 fully saturated rings. The minimum Gasteiger partial charge on any atom is -0.403 e. The predicted molar refractivity (Wildman–Crippen MR) is 79.7 cm³/mol. The molecular formula is C13H7BrFN3O2S. The molecule has 21 heavy (non-hydrogen) atoms. The largest absolute Gasteiger partial charge is 0.403 e. The zero-order valence-corrected chi connectivity index (χ0v) is 12.7. The minimum atomic E-state index is -0.352. The SMILES string of the molecule is O=C(Nc1nnc(-c2ccc(F)cc2)o1)c1ccc(Br)s1. The van der Waals surface area contributed by atoms with E-state index in [2.05, 4.69) is 31.4 Å². The van der Waals surface area contributed by atoms with E-state index in [1.54, 1.807) is 12.1 Å². The van der Waals surface area contributed by atoms with E-state index in [4.69, 9.17) is 4.42 Å². The first-order chi connectivity index (χ1) is 10.1. The van der Waals surface area contributed by atoms with Gasteiger partial charge in [-0.3, -0.25) is 10.1 Å². The average molecular weight is 368 g/mol. The van der Waals surface area contributed by atoms with Gasteiger partial charge in [-0.1, -0.05) is 5.10 Å². The van der Waals surface area contributed by atoms with Crippen LogP contribution in [-0.4, -0.2) is 16.1 Å². The molecule has 1 amide bonds.